The predicted octanol–water partition coefficient (Wildman–Crippen LogP) is 6.52. The topological polar surface area (TPSA) is 55.4 Å². The molecule has 0 N–H and O–H groups in total. The maximum atomic E-state index is 7.09. The maximum absolute atomic E-state index is 7.09. The van der Waals surface area contributed by atoms with Crippen molar-refractivity contribution >= 4 is 0 Å². The Kier molecular flexibility index (Phi) is 9.16. The summed E-state index contributed by atoms with van der Waals surface area (Å²) >= 11 is 0. The number of fused-ring (bicyclic) bond motifs is 3. The van der Waals surface area contributed by atoms with Gasteiger partial charge in [0, 0.05) is 12.5 Å². The molecule has 228 valence electrons. The van der Waals surface area contributed by atoms with Gasteiger partial charge in [-0.25, -0.2) is 0 Å². The lowest BCUT2D eigenvalue weighted by atomic mass is 9.90. The highest BCUT2D eigenvalue weighted by Gasteiger charge is 2.78. The first-order valence-electron chi connectivity index (χ1n) is 15.7. The van der Waals surface area contributed by atoms with Gasteiger partial charge in [0.2, 0.25) is 0 Å². The highest BCUT2D eigenvalue weighted by Crippen LogP contribution is 2.61. The standard InChI is InChI=1S/C38H40O6/c1-5-13-28(14-6-1)23-39-27-33-34(41-24-29-15-7-2-8-16-29)35(42-25-30-17-9-3-10-18-30)37(43-26-31-19-11-4-12-20-31)38(44-33)32-21-22-40-36(32)38/h1-20,32-37H,21-27H2/t32-,33-,34-,35+,36+,37-,38?/m1/s1. The first-order chi connectivity index (χ1) is 21.8. The summed E-state index contributed by atoms with van der Waals surface area (Å²) in [5, 5.41) is 0. The Morgan fingerprint density at radius 3 is 1.55 bits per heavy atom. The van der Waals surface area contributed by atoms with Gasteiger partial charge >= 0.3 is 0 Å². The molecule has 0 radical (unpaired) electrons. The molecule has 7 atom stereocenters. The van der Waals surface area contributed by atoms with Crippen LogP contribution in [0.4, 0.5) is 0 Å². The first kappa shape index (κ1) is 29.4. The first-order valence-corrected chi connectivity index (χ1v) is 15.7. The molecule has 0 amide bonds. The van der Waals surface area contributed by atoms with Gasteiger partial charge in [0.1, 0.15) is 30.0 Å². The number of hydrogen-bond donors (Lipinski definition) is 0. The van der Waals surface area contributed by atoms with Crippen molar-refractivity contribution in [1.29, 1.82) is 0 Å². The van der Waals surface area contributed by atoms with E-state index in [0.717, 1.165) is 35.3 Å². The Labute approximate surface area is 259 Å². The molecule has 2 saturated heterocycles. The predicted molar refractivity (Wildman–Crippen MR) is 167 cm³/mol. The molecule has 0 bridgehead atoms. The Bertz CT molecular complexity index is 1420. The average molecular weight is 593 g/mol. The third-order valence-corrected chi connectivity index (χ3v) is 9.03. The molecular formula is C38H40O6. The second-order valence-electron chi connectivity index (χ2n) is 11.9. The van der Waals surface area contributed by atoms with Crippen LogP contribution >= 0.6 is 0 Å². The molecule has 4 aromatic rings. The summed E-state index contributed by atoms with van der Waals surface area (Å²) in [4.78, 5) is 0. The minimum Gasteiger partial charge on any atom is -0.375 e. The second kappa shape index (κ2) is 13.7. The van der Waals surface area contributed by atoms with E-state index in [1.54, 1.807) is 0 Å². The van der Waals surface area contributed by atoms with Gasteiger partial charge in [-0.3, -0.25) is 0 Å². The zero-order valence-corrected chi connectivity index (χ0v) is 24.9. The summed E-state index contributed by atoms with van der Waals surface area (Å²) in [6, 6.07) is 41.0. The molecule has 3 fully saturated rings. The Morgan fingerprint density at radius 1 is 0.568 bits per heavy atom. The summed E-state index contributed by atoms with van der Waals surface area (Å²) in [5.41, 5.74) is 3.80. The largest absolute Gasteiger partial charge is 0.375 e. The van der Waals surface area contributed by atoms with Crippen LogP contribution in [0.2, 0.25) is 0 Å². The van der Waals surface area contributed by atoms with Crippen LogP contribution in [-0.2, 0) is 54.8 Å². The molecule has 44 heavy (non-hydrogen) atoms. The zero-order valence-electron chi connectivity index (χ0n) is 24.9. The summed E-state index contributed by atoms with van der Waals surface area (Å²) in [7, 11) is 0. The molecule has 6 nitrogen and oxygen atoms in total. The fraction of sp³-hybridized carbons (Fsp3) is 0.368. The van der Waals surface area contributed by atoms with Crippen LogP contribution in [0, 0.1) is 5.92 Å². The van der Waals surface area contributed by atoms with Crippen molar-refractivity contribution in [2.45, 2.75) is 69.0 Å². The molecule has 1 aliphatic carbocycles. The third kappa shape index (κ3) is 6.38. The van der Waals surface area contributed by atoms with Crippen LogP contribution in [0.25, 0.3) is 0 Å². The van der Waals surface area contributed by atoms with Crippen LogP contribution in [0.1, 0.15) is 28.7 Å². The summed E-state index contributed by atoms with van der Waals surface area (Å²) in [6.07, 6.45) is -0.674. The van der Waals surface area contributed by atoms with Gasteiger partial charge in [0.25, 0.3) is 0 Å². The average Bonchev–Trinajstić information content (AvgIpc) is 3.38. The molecular weight excluding hydrogens is 552 g/mol. The molecule has 3 aliphatic rings. The van der Waals surface area contributed by atoms with E-state index in [1.165, 1.54) is 0 Å². The van der Waals surface area contributed by atoms with Crippen molar-refractivity contribution in [3.63, 3.8) is 0 Å². The fourth-order valence-corrected chi connectivity index (χ4v) is 6.83. The Hall–Kier alpha value is -3.36. The quantitative estimate of drug-likeness (QED) is 0.176. The Morgan fingerprint density at radius 2 is 1.05 bits per heavy atom. The number of ether oxygens (including phenoxy) is 6. The van der Waals surface area contributed by atoms with Crippen molar-refractivity contribution in [2.75, 3.05) is 13.2 Å². The monoisotopic (exact) mass is 592 g/mol. The van der Waals surface area contributed by atoms with E-state index in [4.69, 9.17) is 28.4 Å². The lowest BCUT2D eigenvalue weighted by Crippen LogP contribution is -2.64. The van der Waals surface area contributed by atoms with E-state index in [1.807, 2.05) is 72.8 Å². The molecule has 1 spiro atoms. The van der Waals surface area contributed by atoms with Crippen LogP contribution in [0.3, 0.4) is 0 Å². The second-order valence-corrected chi connectivity index (χ2v) is 11.9. The van der Waals surface area contributed by atoms with Gasteiger partial charge in [0.15, 0.2) is 0 Å². The van der Waals surface area contributed by atoms with Crippen LogP contribution < -0.4 is 0 Å². The normalized spacial score (nSPS) is 29.0. The SMILES string of the molecule is c1ccc(COC[C@H]2OC3([C@@H]4CCO[C@@H]43)[C@H](OCc3ccccc3)[C@@H](OCc3ccccc3)[C@@H]2OCc2ccccc2)cc1. The van der Waals surface area contributed by atoms with Crippen molar-refractivity contribution in [1.82, 2.24) is 0 Å². The summed E-state index contributed by atoms with van der Waals surface area (Å²) < 4.78 is 40.1. The molecule has 1 saturated carbocycles. The van der Waals surface area contributed by atoms with E-state index in [2.05, 4.69) is 48.5 Å². The van der Waals surface area contributed by atoms with Gasteiger partial charge in [-0.1, -0.05) is 121 Å². The van der Waals surface area contributed by atoms with Crippen molar-refractivity contribution in [2.24, 2.45) is 5.92 Å². The summed E-state index contributed by atoms with van der Waals surface area (Å²) in [5.74, 6) is 0.248. The van der Waals surface area contributed by atoms with Gasteiger partial charge in [-0.05, 0) is 28.7 Å². The molecule has 2 aliphatic heterocycles. The molecule has 0 aromatic heterocycles. The maximum Gasteiger partial charge on any atom is 0.129 e. The van der Waals surface area contributed by atoms with E-state index in [9.17, 15) is 0 Å². The molecule has 4 aromatic carbocycles. The van der Waals surface area contributed by atoms with Crippen molar-refractivity contribution in [3.8, 4) is 0 Å². The summed E-state index contributed by atoms with van der Waals surface area (Å²) in [6.45, 7) is 2.91. The molecule has 1 unspecified atom stereocenters. The van der Waals surface area contributed by atoms with Crippen LogP contribution in [-0.4, -0.2) is 49.3 Å². The minimum absolute atomic E-state index is 0.0298. The molecule has 7 rings (SSSR count). The van der Waals surface area contributed by atoms with Crippen molar-refractivity contribution in [3.05, 3.63) is 144 Å². The highest BCUT2D eigenvalue weighted by atomic mass is 16.7. The van der Waals surface area contributed by atoms with E-state index >= 15 is 0 Å². The van der Waals surface area contributed by atoms with Gasteiger partial charge in [0.05, 0.1) is 39.1 Å². The third-order valence-electron chi connectivity index (χ3n) is 9.03. The Balaban J connectivity index is 1.19. The van der Waals surface area contributed by atoms with E-state index < -0.39 is 17.8 Å². The minimum atomic E-state index is -0.609. The van der Waals surface area contributed by atoms with E-state index in [0.29, 0.717) is 33.0 Å². The van der Waals surface area contributed by atoms with Crippen molar-refractivity contribution < 1.29 is 28.4 Å². The highest BCUT2D eigenvalue weighted by molar-refractivity contribution is 5.27. The molecule has 2 heterocycles. The lowest BCUT2D eigenvalue weighted by Gasteiger charge is -2.48. The van der Waals surface area contributed by atoms with Gasteiger partial charge in [-0.2, -0.15) is 0 Å². The molecule has 6 heteroatoms. The fourth-order valence-electron chi connectivity index (χ4n) is 6.83. The van der Waals surface area contributed by atoms with E-state index in [-0.39, 0.29) is 24.2 Å². The number of hydrogen-bond acceptors (Lipinski definition) is 6. The van der Waals surface area contributed by atoms with Gasteiger partial charge < -0.3 is 28.4 Å². The van der Waals surface area contributed by atoms with Gasteiger partial charge in [-0.15, -0.1) is 0 Å². The van der Waals surface area contributed by atoms with Crippen LogP contribution in [0.5, 0.6) is 0 Å². The number of benzene rings is 4. The smallest absolute Gasteiger partial charge is 0.129 e. The van der Waals surface area contributed by atoms with Crippen LogP contribution in [0.15, 0.2) is 121 Å². The lowest BCUT2D eigenvalue weighted by molar-refractivity contribution is -0.294. The number of rotatable bonds is 13. The zero-order chi connectivity index (χ0) is 29.6.